The number of hydrogen-bond acceptors (Lipinski definition) is 0. The molecule has 0 saturated heterocycles. The lowest BCUT2D eigenvalue weighted by molar-refractivity contribution is 1.12. The average Bonchev–Trinajstić information content (AvgIpc) is 2.53. The Kier molecular flexibility index (Phi) is 4.34. The number of rotatable bonds is 3. The molecule has 0 aliphatic heterocycles. The number of benzene rings is 3. The van der Waals surface area contributed by atoms with Gasteiger partial charge < -0.3 is 0 Å². The van der Waals surface area contributed by atoms with Crippen LogP contribution in [0.15, 0.2) is 60.7 Å². The van der Waals surface area contributed by atoms with E-state index >= 15 is 0 Å². The summed E-state index contributed by atoms with van der Waals surface area (Å²) in [6, 6.07) is 22.1. The summed E-state index contributed by atoms with van der Waals surface area (Å²) in [4.78, 5) is 0. The van der Waals surface area contributed by atoms with Gasteiger partial charge in [0.15, 0.2) is 0 Å². The van der Waals surface area contributed by atoms with E-state index in [0.29, 0.717) is 0 Å². The van der Waals surface area contributed by atoms with E-state index in [4.69, 9.17) is 0 Å². The van der Waals surface area contributed by atoms with Crippen LogP contribution in [0.5, 0.6) is 0 Å². The van der Waals surface area contributed by atoms with Crippen molar-refractivity contribution in [2.45, 2.75) is 34.1 Å². The second kappa shape index (κ2) is 6.42. The summed E-state index contributed by atoms with van der Waals surface area (Å²) in [6.45, 7) is 8.80. The molecule has 3 aromatic rings. The number of aryl methyl sites for hydroxylation is 3. The first kappa shape index (κ1) is 15.6. The first-order valence-corrected chi connectivity index (χ1v) is 8.27. The summed E-state index contributed by atoms with van der Waals surface area (Å²) >= 11 is 0. The predicted octanol–water partition coefficient (Wildman–Crippen LogP) is 6.18. The minimum absolute atomic E-state index is 0.998. The van der Waals surface area contributed by atoms with Crippen LogP contribution in [0.3, 0.4) is 0 Å². The SMILES string of the molecule is Cc1ccc(Cc2cccc(-c3ccccc3C)c2C)c(C)c1. The van der Waals surface area contributed by atoms with Gasteiger partial charge >= 0.3 is 0 Å². The molecule has 0 aliphatic carbocycles. The fourth-order valence-electron chi connectivity index (χ4n) is 3.29. The van der Waals surface area contributed by atoms with Gasteiger partial charge in [-0.25, -0.2) is 0 Å². The molecule has 0 amide bonds. The third kappa shape index (κ3) is 3.22. The van der Waals surface area contributed by atoms with Gasteiger partial charge in [-0.15, -0.1) is 0 Å². The second-order valence-electron chi connectivity index (χ2n) is 6.51. The fraction of sp³-hybridized carbons (Fsp3) is 0.217. The summed E-state index contributed by atoms with van der Waals surface area (Å²) in [5, 5.41) is 0. The lowest BCUT2D eigenvalue weighted by atomic mass is 9.90. The van der Waals surface area contributed by atoms with E-state index in [0.717, 1.165) is 6.42 Å². The summed E-state index contributed by atoms with van der Waals surface area (Å²) in [5.41, 5.74) is 11.0. The molecule has 0 N–H and O–H groups in total. The van der Waals surface area contributed by atoms with Gasteiger partial charge in [-0.1, -0.05) is 66.2 Å². The van der Waals surface area contributed by atoms with Crippen LogP contribution in [0.4, 0.5) is 0 Å². The van der Waals surface area contributed by atoms with Gasteiger partial charge in [0.1, 0.15) is 0 Å². The summed E-state index contributed by atoms with van der Waals surface area (Å²) in [5.74, 6) is 0. The van der Waals surface area contributed by atoms with E-state index in [1.54, 1.807) is 0 Å². The van der Waals surface area contributed by atoms with Crippen LogP contribution in [0.2, 0.25) is 0 Å². The first-order chi connectivity index (χ1) is 11.1. The van der Waals surface area contributed by atoms with Crippen LogP contribution >= 0.6 is 0 Å². The molecule has 0 spiro atoms. The lowest BCUT2D eigenvalue weighted by Gasteiger charge is -2.15. The normalized spacial score (nSPS) is 10.8. The lowest BCUT2D eigenvalue weighted by Crippen LogP contribution is -1.97. The molecule has 3 rings (SSSR count). The van der Waals surface area contributed by atoms with Crippen molar-refractivity contribution in [3.05, 3.63) is 94.0 Å². The van der Waals surface area contributed by atoms with E-state index in [1.165, 1.54) is 44.5 Å². The maximum absolute atomic E-state index is 2.27. The molecule has 116 valence electrons. The Bertz CT molecular complexity index is 840. The van der Waals surface area contributed by atoms with Crippen molar-refractivity contribution in [1.82, 2.24) is 0 Å². The maximum Gasteiger partial charge on any atom is -0.00203 e. The second-order valence-corrected chi connectivity index (χ2v) is 6.51. The molecule has 0 nitrogen and oxygen atoms in total. The molecular formula is C23H24. The summed E-state index contributed by atoms with van der Waals surface area (Å²) < 4.78 is 0. The Morgan fingerprint density at radius 1 is 0.609 bits per heavy atom. The average molecular weight is 300 g/mol. The van der Waals surface area contributed by atoms with Crippen molar-refractivity contribution in [3.8, 4) is 11.1 Å². The van der Waals surface area contributed by atoms with Crippen molar-refractivity contribution in [2.75, 3.05) is 0 Å². The zero-order valence-corrected chi connectivity index (χ0v) is 14.5. The Labute approximate surface area is 139 Å². The Morgan fingerprint density at radius 3 is 2.09 bits per heavy atom. The van der Waals surface area contributed by atoms with E-state index in [2.05, 4.69) is 88.4 Å². The van der Waals surface area contributed by atoms with E-state index in [9.17, 15) is 0 Å². The van der Waals surface area contributed by atoms with Crippen LogP contribution in [0.1, 0.15) is 33.4 Å². The van der Waals surface area contributed by atoms with Gasteiger partial charge in [0, 0.05) is 0 Å². The van der Waals surface area contributed by atoms with Crippen LogP contribution < -0.4 is 0 Å². The monoisotopic (exact) mass is 300 g/mol. The third-order valence-electron chi connectivity index (χ3n) is 4.76. The van der Waals surface area contributed by atoms with Crippen LogP contribution in [0, 0.1) is 27.7 Å². The quantitative estimate of drug-likeness (QED) is 0.542. The highest BCUT2D eigenvalue weighted by atomic mass is 14.1. The number of hydrogen-bond donors (Lipinski definition) is 0. The van der Waals surface area contributed by atoms with Crippen LogP contribution in [-0.4, -0.2) is 0 Å². The maximum atomic E-state index is 2.27. The zero-order chi connectivity index (χ0) is 16.4. The largest absolute Gasteiger partial charge is 0.0620 e. The molecule has 0 fully saturated rings. The van der Waals surface area contributed by atoms with Crippen molar-refractivity contribution in [1.29, 1.82) is 0 Å². The zero-order valence-electron chi connectivity index (χ0n) is 14.5. The molecule has 0 radical (unpaired) electrons. The molecule has 0 aromatic heterocycles. The van der Waals surface area contributed by atoms with Gasteiger partial charge in [-0.2, -0.15) is 0 Å². The van der Waals surface area contributed by atoms with Gasteiger partial charge in [0.25, 0.3) is 0 Å². The molecule has 0 saturated carbocycles. The molecule has 0 aliphatic rings. The highest BCUT2D eigenvalue weighted by molar-refractivity contribution is 5.71. The first-order valence-electron chi connectivity index (χ1n) is 8.27. The van der Waals surface area contributed by atoms with E-state index in [-0.39, 0.29) is 0 Å². The topological polar surface area (TPSA) is 0 Å². The highest BCUT2D eigenvalue weighted by Gasteiger charge is 2.09. The Balaban J connectivity index is 2.02. The summed E-state index contributed by atoms with van der Waals surface area (Å²) in [7, 11) is 0. The highest BCUT2D eigenvalue weighted by Crippen LogP contribution is 2.29. The Hall–Kier alpha value is -2.34. The predicted molar refractivity (Wildman–Crippen MR) is 100 cm³/mol. The van der Waals surface area contributed by atoms with Crippen LogP contribution in [0.25, 0.3) is 11.1 Å². The molecule has 0 atom stereocenters. The van der Waals surface area contributed by atoms with Crippen molar-refractivity contribution < 1.29 is 0 Å². The van der Waals surface area contributed by atoms with Gasteiger partial charge in [0.05, 0.1) is 0 Å². The summed E-state index contributed by atoms with van der Waals surface area (Å²) in [6.07, 6.45) is 0.998. The standard InChI is InChI=1S/C23H24/c1-16-12-13-20(18(3)14-16)15-21-9-7-11-23(19(21)4)22-10-6-5-8-17(22)2/h5-14H,15H2,1-4H3. The van der Waals surface area contributed by atoms with Gasteiger partial charge in [-0.05, 0) is 73.1 Å². The molecular weight excluding hydrogens is 276 g/mol. The molecule has 23 heavy (non-hydrogen) atoms. The van der Waals surface area contributed by atoms with Crippen molar-refractivity contribution in [3.63, 3.8) is 0 Å². The van der Waals surface area contributed by atoms with E-state index < -0.39 is 0 Å². The fourth-order valence-corrected chi connectivity index (χ4v) is 3.29. The van der Waals surface area contributed by atoms with Crippen molar-refractivity contribution >= 4 is 0 Å². The smallest absolute Gasteiger partial charge is 0.00203 e. The third-order valence-corrected chi connectivity index (χ3v) is 4.76. The van der Waals surface area contributed by atoms with Gasteiger partial charge in [0.2, 0.25) is 0 Å². The molecule has 0 bridgehead atoms. The Morgan fingerprint density at radius 2 is 1.35 bits per heavy atom. The van der Waals surface area contributed by atoms with Crippen LogP contribution in [-0.2, 0) is 6.42 Å². The van der Waals surface area contributed by atoms with Crippen molar-refractivity contribution in [2.24, 2.45) is 0 Å². The molecule has 0 heterocycles. The minimum Gasteiger partial charge on any atom is -0.0620 e. The minimum atomic E-state index is 0.998. The van der Waals surface area contributed by atoms with E-state index in [1.807, 2.05) is 0 Å². The van der Waals surface area contributed by atoms with Gasteiger partial charge in [-0.3, -0.25) is 0 Å². The molecule has 3 aromatic carbocycles. The molecule has 0 unspecified atom stereocenters. The molecule has 0 heteroatoms.